The van der Waals surface area contributed by atoms with Crippen molar-refractivity contribution in [1.82, 2.24) is 14.9 Å². The zero-order valence-corrected chi connectivity index (χ0v) is 14.6. The summed E-state index contributed by atoms with van der Waals surface area (Å²) >= 11 is 0. The lowest BCUT2D eigenvalue weighted by atomic mass is 10.1. The van der Waals surface area contributed by atoms with E-state index in [1.807, 2.05) is 35.8 Å². The molecule has 1 aromatic heterocycles. The molecule has 8 nitrogen and oxygen atoms in total. The highest BCUT2D eigenvalue weighted by atomic mass is 19.1. The van der Waals surface area contributed by atoms with E-state index in [9.17, 15) is 19.3 Å². The molecule has 0 unspecified atom stereocenters. The number of nitrogens with two attached hydrogens (primary N) is 1. The molecule has 0 spiro atoms. The number of aryl methyl sites for hydroxylation is 2. The Labute approximate surface area is 154 Å². The highest BCUT2D eigenvalue weighted by Gasteiger charge is 2.21. The Bertz CT molecular complexity index is 1030. The number of imidazole rings is 1. The first-order valence-electron chi connectivity index (χ1n) is 8.32. The van der Waals surface area contributed by atoms with Crippen molar-refractivity contribution in [2.45, 2.75) is 19.9 Å². The molecule has 3 aromatic rings. The number of nitrogens with zero attached hydrogens (tertiary/aromatic N) is 3. The Hall–Kier alpha value is -3.49. The molecule has 0 aliphatic rings. The van der Waals surface area contributed by atoms with Crippen molar-refractivity contribution >= 4 is 28.3 Å². The van der Waals surface area contributed by atoms with Crippen molar-refractivity contribution in [2.24, 2.45) is 0 Å². The fraction of sp³-hybridized carbons (Fsp3) is 0.222. The SMILES string of the molecule is Cc1nc2ccccc2n1CCCNC(=O)c1cc(F)cc([N+](=O)[O-])c1N. The Kier molecular flexibility index (Phi) is 5.02. The summed E-state index contributed by atoms with van der Waals surface area (Å²) in [6.45, 7) is 2.84. The second-order valence-corrected chi connectivity index (χ2v) is 6.05. The van der Waals surface area contributed by atoms with Crippen molar-refractivity contribution in [3.63, 3.8) is 0 Å². The number of nitrogen functional groups attached to an aromatic ring is 1. The molecule has 0 radical (unpaired) electrons. The van der Waals surface area contributed by atoms with E-state index in [4.69, 9.17) is 5.73 Å². The summed E-state index contributed by atoms with van der Waals surface area (Å²) in [5.41, 5.74) is 6.32. The number of fused-ring (bicyclic) bond motifs is 1. The molecule has 1 amide bonds. The van der Waals surface area contributed by atoms with Crippen LogP contribution in [-0.2, 0) is 6.54 Å². The van der Waals surface area contributed by atoms with Crippen LogP contribution < -0.4 is 11.1 Å². The van der Waals surface area contributed by atoms with Crippen LogP contribution in [0.25, 0.3) is 11.0 Å². The minimum atomic E-state index is -0.887. The third-order valence-electron chi connectivity index (χ3n) is 4.25. The average Bonchev–Trinajstić information content (AvgIpc) is 2.95. The van der Waals surface area contributed by atoms with Gasteiger partial charge in [0.25, 0.3) is 11.6 Å². The van der Waals surface area contributed by atoms with Crippen LogP contribution in [0.15, 0.2) is 36.4 Å². The predicted octanol–water partition coefficient (Wildman–Crippen LogP) is 2.79. The zero-order valence-electron chi connectivity index (χ0n) is 14.6. The topological polar surface area (TPSA) is 116 Å². The van der Waals surface area contributed by atoms with Gasteiger partial charge in [0, 0.05) is 13.1 Å². The first-order chi connectivity index (χ1) is 12.9. The number of benzene rings is 2. The van der Waals surface area contributed by atoms with E-state index in [1.165, 1.54) is 0 Å². The molecule has 3 rings (SSSR count). The number of nitrogens with one attached hydrogen (secondary N) is 1. The average molecular weight is 371 g/mol. The first-order valence-corrected chi connectivity index (χ1v) is 8.32. The zero-order chi connectivity index (χ0) is 19.6. The molecule has 0 fully saturated rings. The van der Waals surface area contributed by atoms with Gasteiger partial charge in [0.05, 0.1) is 27.6 Å². The van der Waals surface area contributed by atoms with Crippen LogP contribution in [0.1, 0.15) is 22.6 Å². The molecule has 0 atom stereocenters. The fourth-order valence-electron chi connectivity index (χ4n) is 2.96. The molecule has 0 aliphatic heterocycles. The largest absolute Gasteiger partial charge is 0.393 e. The maximum absolute atomic E-state index is 13.5. The number of nitro benzene ring substituents is 1. The van der Waals surface area contributed by atoms with Gasteiger partial charge in [-0.05, 0) is 31.5 Å². The number of anilines is 1. The molecule has 2 aromatic carbocycles. The number of hydrogen-bond donors (Lipinski definition) is 2. The summed E-state index contributed by atoms with van der Waals surface area (Å²) in [5.74, 6) is -0.670. The number of hydrogen-bond acceptors (Lipinski definition) is 5. The van der Waals surface area contributed by atoms with Gasteiger partial charge in [-0.3, -0.25) is 14.9 Å². The lowest BCUT2D eigenvalue weighted by Gasteiger charge is -2.10. The van der Waals surface area contributed by atoms with Crippen molar-refractivity contribution in [3.05, 3.63) is 63.7 Å². The Morgan fingerprint density at radius 3 is 2.85 bits per heavy atom. The summed E-state index contributed by atoms with van der Waals surface area (Å²) < 4.78 is 15.6. The number of para-hydroxylation sites is 2. The first kappa shape index (κ1) is 18.3. The van der Waals surface area contributed by atoms with Crippen molar-refractivity contribution in [3.8, 4) is 0 Å². The molecule has 27 heavy (non-hydrogen) atoms. The number of halogens is 1. The van der Waals surface area contributed by atoms with Gasteiger partial charge >= 0.3 is 0 Å². The number of rotatable bonds is 6. The lowest BCUT2D eigenvalue weighted by Crippen LogP contribution is -2.26. The fourth-order valence-corrected chi connectivity index (χ4v) is 2.96. The highest BCUT2D eigenvalue weighted by Crippen LogP contribution is 2.26. The summed E-state index contributed by atoms with van der Waals surface area (Å²) in [7, 11) is 0. The smallest absolute Gasteiger partial charge is 0.295 e. The van der Waals surface area contributed by atoms with E-state index in [0.717, 1.165) is 22.9 Å². The van der Waals surface area contributed by atoms with Crippen molar-refractivity contribution in [2.75, 3.05) is 12.3 Å². The maximum Gasteiger partial charge on any atom is 0.295 e. The number of aromatic nitrogens is 2. The second-order valence-electron chi connectivity index (χ2n) is 6.05. The third-order valence-corrected chi connectivity index (χ3v) is 4.25. The monoisotopic (exact) mass is 371 g/mol. The standard InChI is InChI=1S/C18H18FN5O3/c1-11-22-14-5-2-3-6-15(14)23(11)8-4-7-21-18(25)13-9-12(19)10-16(17(13)20)24(26)27/h2-3,5-6,9-10H,4,7-8,20H2,1H3,(H,21,25). The Balaban J connectivity index is 1.65. The minimum absolute atomic E-state index is 0.244. The number of amides is 1. The van der Waals surface area contributed by atoms with Crippen LogP contribution in [0.3, 0.4) is 0 Å². The van der Waals surface area contributed by atoms with Crippen LogP contribution in [0.4, 0.5) is 15.8 Å². The summed E-state index contributed by atoms with van der Waals surface area (Å²) in [5, 5.41) is 13.5. The molecule has 1 heterocycles. The lowest BCUT2D eigenvalue weighted by molar-refractivity contribution is -0.384. The van der Waals surface area contributed by atoms with Gasteiger partial charge in [0.1, 0.15) is 17.3 Å². The van der Waals surface area contributed by atoms with Crippen LogP contribution >= 0.6 is 0 Å². The molecule has 0 saturated carbocycles. The molecule has 0 saturated heterocycles. The quantitative estimate of drug-likeness (QED) is 0.299. The van der Waals surface area contributed by atoms with Crippen LogP contribution in [-0.4, -0.2) is 26.9 Å². The molecule has 3 N–H and O–H groups in total. The number of carbonyl (C=O) groups is 1. The van der Waals surface area contributed by atoms with Gasteiger partial charge in [0.2, 0.25) is 0 Å². The van der Waals surface area contributed by atoms with Crippen molar-refractivity contribution in [1.29, 1.82) is 0 Å². The second kappa shape index (κ2) is 7.40. The number of nitro groups is 1. The van der Waals surface area contributed by atoms with E-state index >= 15 is 0 Å². The highest BCUT2D eigenvalue weighted by molar-refractivity contribution is 6.01. The van der Waals surface area contributed by atoms with E-state index in [2.05, 4.69) is 10.3 Å². The summed E-state index contributed by atoms with van der Waals surface area (Å²) in [4.78, 5) is 26.8. The van der Waals surface area contributed by atoms with Crippen LogP contribution in [0.2, 0.25) is 0 Å². The van der Waals surface area contributed by atoms with Crippen molar-refractivity contribution < 1.29 is 14.1 Å². The van der Waals surface area contributed by atoms with Gasteiger partial charge in [-0.2, -0.15) is 0 Å². The van der Waals surface area contributed by atoms with Gasteiger partial charge in [-0.15, -0.1) is 0 Å². The minimum Gasteiger partial charge on any atom is -0.393 e. The van der Waals surface area contributed by atoms with Gasteiger partial charge < -0.3 is 15.6 Å². The molecule has 140 valence electrons. The van der Waals surface area contributed by atoms with E-state index in [0.29, 0.717) is 25.6 Å². The predicted molar refractivity (Wildman–Crippen MR) is 98.9 cm³/mol. The Morgan fingerprint density at radius 1 is 1.37 bits per heavy atom. The molecule has 9 heteroatoms. The molecular weight excluding hydrogens is 353 g/mol. The Morgan fingerprint density at radius 2 is 2.11 bits per heavy atom. The van der Waals surface area contributed by atoms with Gasteiger partial charge in [0.15, 0.2) is 0 Å². The summed E-state index contributed by atoms with van der Waals surface area (Å²) in [6.07, 6.45) is 0.601. The van der Waals surface area contributed by atoms with E-state index in [1.54, 1.807) is 0 Å². The van der Waals surface area contributed by atoms with Gasteiger partial charge in [-0.1, -0.05) is 12.1 Å². The number of carbonyl (C=O) groups excluding carboxylic acids is 1. The third kappa shape index (κ3) is 3.71. The van der Waals surface area contributed by atoms with Crippen LogP contribution in [0, 0.1) is 22.9 Å². The van der Waals surface area contributed by atoms with Gasteiger partial charge in [-0.25, -0.2) is 9.37 Å². The molecule has 0 aliphatic carbocycles. The van der Waals surface area contributed by atoms with Crippen LogP contribution in [0.5, 0.6) is 0 Å². The summed E-state index contributed by atoms with van der Waals surface area (Å²) in [6, 6.07) is 9.34. The normalized spacial score (nSPS) is 10.9. The van der Waals surface area contributed by atoms with E-state index < -0.39 is 22.3 Å². The molecular formula is C18H18FN5O3. The van der Waals surface area contributed by atoms with E-state index in [-0.39, 0.29) is 11.3 Å². The molecule has 0 bridgehead atoms. The maximum atomic E-state index is 13.5.